The van der Waals surface area contributed by atoms with Crippen molar-refractivity contribution in [1.82, 2.24) is 14.8 Å². The van der Waals surface area contributed by atoms with Gasteiger partial charge in [0, 0.05) is 30.4 Å². The van der Waals surface area contributed by atoms with Crippen LogP contribution < -0.4 is 4.74 Å². The zero-order chi connectivity index (χ0) is 25.0. The number of rotatable bonds is 8. The number of likely N-dealkylation sites (N-methyl/N-ethyl adjacent to an activating group) is 1. The molecule has 1 aromatic heterocycles. The smallest absolute Gasteiger partial charge is 0.295 e. The maximum Gasteiger partial charge on any atom is 0.295 e. The predicted molar refractivity (Wildman–Crippen MR) is 133 cm³/mol. The lowest BCUT2D eigenvalue weighted by molar-refractivity contribution is -0.140. The Labute approximate surface area is 202 Å². The first kappa shape index (κ1) is 25.4. The third kappa shape index (κ3) is 4.99. The van der Waals surface area contributed by atoms with Gasteiger partial charge in [-0.05, 0) is 48.8 Å². The standard InChI is InChI=1S/C27H35N3O4/c1-7-29(8-2)15-16-30-23(20-11-9-10-14-28-20)22(25(32)26(30)33)24(31)18-12-13-21(34-6)19(17-18)27(3,4)5/h9-14,17,23,31H,7-8,15-16H2,1-6H3/b24-22-. The lowest BCUT2D eigenvalue weighted by Gasteiger charge is -2.27. The number of likely N-dealkylation sites (tertiary alicyclic amines) is 1. The van der Waals surface area contributed by atoms with Gasteiger partial charge in [0.1, 0.15) is 17.6 Å². The first-order chi connectivity index (χ1) is 16.1. The molecule has 0 saturated carbocycles. The molecular weight excluding hydrogens is 430 g/mol. The number of pyridine rings is 1. The molecule has 1 aliphatic rings. The van der Waals surface area contributed by atoms with Crippen LogP contribution in [0.5, 0.6) is 5.75 Å². The average Bonchev–Trinajstić information content (AvgIpc) is 3.08. The second-order valence-corrected chi connectivity index (χ2v) is 9.44. The van der Waals surface area contributed by atoms with Crippen LogP contribution in [-0.4, -0.2) is 64.9 Å². The third-order valence-corrected chi connectivity index (χ3v) is 6.34. The van der Waals surface area contributed by atoms with Crippen molar-refractivity contribution in [2.24, 2.45) is 0 Å². The molecule has 1 fully saturated rings. The van der Waals surface area contributed by atoms with Gasteiger partial charge in [-0.3, -0.25) is 14.6 Å². The number of benzene rings is 1. The molecule has 0 spiro atoms. The molecule has 2 aromatic rings. The number of carbonyl (C=O) groups is 2. The SMILES string of the molecule is CCN(CC)CCN1C(=O)C(=O)/C(=C(\O)c2ccc(OC)c(C(C)(C)C)c2)C1c1ccccn1. The Balaban J connectivity index is 2.14. The van der Waals surface area contributed by atoms with E-state index in [9.17, 15) is 14.7 Å². The fraction of sp³-hybridized carbons (Fsp3) is 0.444. The summed E-state index contributed by atoms with van der Waals surface area (Å²) < 4.78 is 5.51. The molecule has 1 unspecified atom stereocenters. The Kier molecular flexibility index (Phi) is 7.77. The zero-order valence-electron chi connectivity index (χ0n) is 21.0. The summed E-state index contributed by atoms with van der Waals surface area (Å²) in [5.41, 5.74) is 1.72. The minimum atomic E-state index is -0.753. The second-order valence-electron chi connectivity index (χ2n) is 9.44. The number of nitrogens with zero attached hydrogens (tertiary/aromatic N) is 3. The normalized spacial score (nSPS) is 18.1. The van der Waals surface area contributed by atoms with E-state index < -0.39 is 17.7 Å². The van der Waals surface area contributed by atoms with Gasteiger partial charge in [0.2, 0.25) is 0 Å². The summed E-state index contributed by atoms with van der Waals surface area (Å²) in [7, 11) is 1.60. The highest BCUT2D eigenvalue weighted by Gasteiger charge is 2.46. The van der Waals surface area contributed by atoms with Gasteiger partial charge in [-0.2, -0.15) is 0 Å². The number of Topliss-reactive ketones (excluding diaryl/α,β-unsaturated/α-hetero) is 1. The number of aliphatic hydroxyl groups is 1. The van der Waals surface area contributed by atoms with Crippen LogP contribution in [-0.2, 0) is 15.0 Å². The van der Waals surface area contributed by atoms with Gasteiger partial charge in [0.25, 0.3) is 11.7 Å². The molecule has 7 nitrogen and oxygen atoms in total. The van der Waals surface area contributed by atoms with Crippen molar-refractivity contribution in [3.05, 3.63) is 65.0 Å². The molecule has 1 aromatic carbocycles. The highest BCUT2D eigenvalue weighted by molar-refractivity contribution is 6.46. The molecule has 1 aliphatic heterocycles. The fourth-order valence-electron chi connectivity index (χ4n) is 4.34. The Morgan fingerprint density at radius 3 is 2.41 bits per heavy atom. The number of aromatic nitrogens is 1. The molecule has 1 atom stereocenters. The maximum absolute atomic E-state index is 13.2. The van der Waals surface area contributed by atoms with Crippen molar-refractivity contribution in [2.75, 3.05) is 33.3 Å². The Morgan fingerprint density at radius 2 is 1.85 bits per heavy atom. The second kappa shape index (κ2) is 10.4. The summed E-state index contributed by atoms with van der Waals surface area (Å²) in [6.45, 7) is 12.9. The summed E-state index contributed by atoms with van der Waals surface area (Å²) in [4.78, 5) is 34.5. The van der Waals surface area contributed by atoms with Gasteiger partial charge < -0.3 is 19.6 Å². The summed E-state index contributed by atoms with van der Waals surface area (Å²) in [5.74, 6) is -0.813. The van der Waals surface area contributed by atoms with E-state index >= 15 is 0 Å². The van der Waals surface area contributed by atoms with Crippen molar-refractivity contribution < 1.29 is 19.4 Å². The van der Waals surface area contributed by atoms with Crippen molar-refractivity contribution in [3.8, 4) is 5.75 Å². The molecule has 7 heteroatoms. The predicted octanol–water partition coefficient (Wildman–Crippen LogP) is 4.15. The number of ketones is 1. The van der Waals surface area contributed by atoms with Crippen LogP contribution in [0, 0.1) is 0 Å². The maximum atomic E-state index is 13.2. The lowest BCUT2D eigenvalue weighted by atomic mass is 9.84. The van der Waals surface area contributed by atoms with Crippen molar-refractivity contribution in [3.63, 3.8) is 0 Å². The highest BCUT2D eigenvalue weighted by Crippen LogP contribution is 2.40. The van der Waals surface area contributed by atoms with Gasteiger partial charge >= 0.3 is 0 Å². The first-order valence-electron chi connectivity index (χ1n) is 11.7. The van der Waals surface area contributed by atoms with E-state index in [-0.39, 0.29) is 16.7 Å². The van der Waals surface area contributed by atoms with Gasteiger partial charge in [-0.25, -0.2) is 0 Å². The number of hydrogen-bond acceptors (Lipinski definition) is 6. The van der Waals surface area contributed by atoms with Crippen LogP contribution in [0.4, 0.5) is 0 Å². The molecule has 182 valence electrons. The molecular formula is C27H35N3O4. The number of ether oxygens (including phenoxy) is 1. The summed E-state index contributed by atoms with van der Waals surface area (Å²) in [5, 5.41) is 11.4. The van der Waals surface area contributed by atoms with Gasteiger partial charge in [-0.15, -0.1) is 0 Å². The molecule has 0 bridgehead atoms. The van der Waals surface area contributed by atoms with Crippen LogP contribution in [0.15, 0.2) is 48.2 Å². The minimum Gasteiger partial charge on any atom is -0.507 e. The summed E-state index contributed by atoms with van der Waals surface area (Å²) in [6, 6.07) is 9.94. The van der Waals surface area contributed by atoms with E-state index in [2.05, 4.69) is 44.5 Å². The summed E-state index contributed by atoms with van der Waals surface area (Å²) >= 11 is 0. The van der Waals surface area contributed by atoms with Gasteiger partial charge in [0.05, 0.1) is 18.4 Å². The largest absolute Gasteiger partial charge is 0.507 e. The molecule has 1 N–H and O–H groups in total. The van der Waals surface area contributed by atoms with E-state index in [0.717, 1.165) is 18.7 Å². The highest BCUT2D eigenvalue weighted by atomic mass is 16.5. The van der Waals surface area contributed by atoms with E-state index in [1.807, 2.05) is 12.1 Å². The number of carbonyl (C=O) groups excluding carboxylic acids is 2. The fourth-order valence-corrected chi connectivity index (χ4v) is 4.34. The quantitative estimate of drug-likeness (QED) is 0.358. The Bertz CT molecular complexity index is 1070. The first-order valence-corrected chi connectivity index (χ1v) is 11.7. The molecule has 1 saturated heterocycles. The molecule has 0 aliphatic carbocycles. The van der Waals surface area contributed by atoms with Gasteiger partial charge in [-0.1, -0.05) is 40.7 Å². The minimum absolute atomic E-state index is 0.0632. The molecule has 34 heavy (non-hydrogen) atoms. The molecule has 3 rings (SSSR count). The van der Waals surface area contributed by atoms with Crippen molar-refractivity contribution >= 4 is 17.4 Å². The monoisotopic (exact) mass is 465 g/mol. The van der Waals surface area contributed by atoms with Crippen molar-refractivity contribution in [2.45, 2.75) is 46.1 Å². The third-order valence-electron chi connectivity index (χ3n) is 6.34. The number of aliphatic hydroxyl groups excluding tert-OH is 1. The van der Waals surface area contributed by atoms with E-state index in [1.54, 1.807) is 37.6 Å². The van der Waals surface area contributed by atoms with Gasteiger partial charge in [0.15, 0.2) is 0 Å². The topological polar surface area (TPSA) is 83.0 Å². The lowest BCUT2D eigenvalue weighted by Crippen LogP contribution is -2.38. The number of methoxy groups -OCH3 is 1. The van der Waals surface area contributed by atoms with Crippen LogP contribution in [0.3, 0.4) is 0 Å². The summed E-state index contributed by atoms with van der Waals surface area (Å²) in [6.07, 6.45) is 1.63. The Morgan fingerprint density at radius 1 is 1.15 bits per heavy atom. The number of amides is 1. The number of hydrogen-bond donors (Lipinski definition) is 1. The van der Waals surface area contributed by atoms with Crippen LogP contribution in [0.1, 0.15) is 57.5 Å². The molecule has 0 radical (unpaired) electrons. The van der Waals surface area contributed by atoms with E-state index in [0.29, 0.717) is 30.1 Å². The molecule has 2 heterocycles. The van der Waals surface area contributed by atoms with Crippen molar-refractivity contribution in [1.29, 1.82) is 0 Å². The zero-order valence-corrected chi connectivity index (χ0v) is 21.0. The average molecular weight is 466 g/mol. The van der Waals surface area contributed by atoms with Crippen LogP contribution in [0.25, 0.3) is 5.76 Å². The van der Waals surface area contributed by atoms with Crippen LogP contribution in [0.2, 0.25) is 0 Å². The van der Waals surface area contributed by atoms with E-state index in [4.69, 9.17) is 4.74 Å². The Hall–Kier alpha value is -3.19. The molecule has 1 amide bonds. The van der Waals surface area contributed by atoms with E-state index in [1.165, 1.54) is 4.90 Å². The van der Waals surface area contributed by atoms with Crippen LogP contribution >= 0.6 is 0 Å².